The molecule has 2 aromatic rings. The van der Waals surface area contributed by atoms with Crippen LogP contribution in [-0.2, 0) is 21.2 Å². The van der Waals surface area contributed by atoms with E-state index in [4.69, 9.17) is 11.6 Å². The van der Waals surface area contributed by atoms with Gasteiger partial charge in [0.1, 0.15) is 5.82 Å². The number of nitrogens with zero attached hydrogens (tertiary/aromatic N) is 3. The summed E-state index contributed by atoms with van der Waals surface area (Å²) in [6, 6.07) is 5.30. The zero-order valence-corrected chi connectivity index (χ0v) is 18.0. The average Bonchev–Trinajstić information content (AvgIpc) is 3.27. The van der Waals surface area contributed by atoms with Crippen LogP contribution in [0.1, 0.15) is 23.0 Å². The van der Waals surface area contributed by atoms with E-state index in [0.29, 0.717) is 29.7 Å². The zero-order chi connectivity index (χ0) is 20.3. The lowest BCUT2D eigenvalue weighted by molar-refractivity contribution is -0.117. The van der Waals surface area contributed by atoms with Crippen LogP contribution in [0.3, 0.4) is 0 Å². The van der Waals surface area contributed by atoms with Gasteiger partial charge in [-0.05, 0) is 25.5 Å². The Balaban J connectivity index is 1.67. The van der Waals surface area contributed by atoms with Crippen molar-refractivity contribution in [2.45, 2.75) is 25.9 Å². The maximum absolute atomic E-state index is 12.6. The van der Waals surface area contributed by atoms with Crippen molar-refractivity contribution in [3.8, 4) is 0 Å². The molecule has 0 radical (unpaired) electrons. The van der Waals surface area contributed by atoms with Gasteiger partial charge in [0, 0.05) is 24.0 Å². The van der Waals surface area contributed by atoms with Crippen LogP contribution >= 0.6 is 22.9 Å². The van der Waals surface area contributed by atoms with Crippen molar-refractivity contribution >= 4 is 44.5 Å². The second kappa shape index (κ2) is 8.77. The third-order valence-electron chi connectivity index (χ3n) is 4.44. The number of hydrogen-bond donors (Lipinski definition) is 1. The highest BCUT2D eigenvalue weighted by molar-refractivity contribution is 7.91. The fraction of sp³-hybridized carbons (Fsp3) is 0.444. The summed E-state index contributed by atoms with van der Waals surface area (Å²) in [4.78, 5) is 15.7. The van der Waals surface area contributed by atoms with Crippen molar-refractivity contribution in [2.24, 2.45) is 0 Å². The molecule has 0 aliphatic carbocycles. The van der Waals surface area contributed by atoms with Crippen LogP contribution in [0.15, 0.2) is 30.9 Å². The van der Waals surface area contributed by atoms with Gasteiger partial charge in [-0.15, -0.1) is 17.9 Å². The van der Waals surface area contributed by atoms with Crippen LogP contribution < -0.4 is 5.32 Å². The normalized spacial score (nSPS) is 18.5. The lowest BCUT2D eigenvalue weighted by Gasteiger charge is -2.20. The fourth-order valence-electron chi connectivity index (χ4n) is 3.27. The third kappa shape index (κ3) is 5.44. The number of anilines is 1. The van der Waals surface area contributed by atoms with E-state index in [9.17, 15) is 13.2 Å². The van der Waals surface area contributed by atoms with Crippen molar-refractivity contribution in [1.82, 2.24) is 14.7 Å². The second-order valence-corrected chi connectivity index (χ2v) is 10.9. The summed E-state index contributed by atoms with van der Waals surface area (Å²) in [5.41, 5.74) is 0.732. The maximum atomic E-state index is 12.6. The molecule has 3 rings (SSSR count). The summed E-state index contributed by atoms with van der Waals surface area (Å²) in [7, 11) is -3.04. The van der Waals surface area contributed by atoms with Crippen LogP contribution in [-0.4, -0.2) is 53.6 Å². The van der Waals surface area contributed by atoms with E-state index in [1.807, 2.05) is 24.0 Å². The van der Waals surface area contributed by atoms with Gasteiger partial charge in [0.25, 0.3) is 0 Å². The molecule has 7 nitrogen and oxygen atoms in total. The monoisotopic (exact) mass is 442 g/mol. The van der Waals surface area contributed by atoms with Crippen LogP contribution in [0.25, 0.3) is 0 Å². The highest BCUT2D eigenvalue weighted by Gasteiger charge is 2.31. The summed E-state index contributed by atoms with van der Waals surface area (Å²) in [5.74, 6) is 0.549. The van der Waals surface area contributed by atoms with Gasteiger partial charge in [-0.1, -0.05) is 17.7 Å². The van der Waals surface area contributed by atoms with E-state index in [0.717, 1.165) is 10.6 Å². The highest BCUT2D eigenvalue weighted by atomic mass is 35.5. The molecule has 10 heteroatoms. The van der Waals surface area contributed by atoms with Gasteiger partial charge in [0.2, 0.25) is 5.91 Å². The molecule has 28 heavy (non-hydrogen) atoms. The van der Waals surface area contributed by atoms with E-state index in [-0.39, 0.29) is 30.0 Å². The Morgan fingerprint density at radius 1 is 1.54 bits per heavy atom. The van der Waals surface area contributed by atoms with Crippen molar-refractivity contribution in [1.29, 1.82) is 0 Å². The predicted molar refractivity (Wildman–Crippen MR) is 113 cm³/mol. The van der Waals surface area contributed by atoms with Gasteiger partial charge in [0.15, 0.2) is 9.84 Å². The number of thiophene rings is 1. The molecule has 1 fully saturated rings. The van der Waals surface area contributed by atoms with Gasteiger partial charge < -0.3 is 5.32 Å². The van der Waals surface area contributed by atoms with Crippen LogP contribution in [0, 0.1) is 6.92 Å². The van der Waals surface area contributed by atoms with Crippen LogP contribution in [0.4, 0.5) is 5.82 Å². The third-order valence-corrected chi connectivity index (χ3v) is 7.41. The molecule has 1 N–H and O–H groups in total. The Hall–Kier alpha value is -1.68. The lowest BCUT2D eigenvalue weighted by Crippen LogP contribution is -2.33. The van der Waals surface area contributed by atoms with E-state index in [1.165, 1.54) is 11.3 Å². The molecule has 1 atom stereocenters. The number of hydrogen-bond acceptors (Lipinski definition) is 6. The van der Waals surface area contributed by atoms with Gasteiger partial charge in [0.05, 0.1) is 34.1 Å². The minimum Gasteiger partial charge on any atom is -0.310 e. The number of halogens is 1. The van der Waals surface area contributed by atoms with Crippen LogP contribution in [0.2, 0.25) is 4.34 Å². The number of amides is 1. The van der Waals surface area contributed by atoms with Gasteiger partial charge in [-0.25, -0.2) is 13.1 Å². The summed E-state index contributed by atoms with van der Waals surface area (Å²) >= 11 is 7.47. The highest BCUT2D eigenvalue weighted by Crippen LogP contribution is 2.27. The first-order chi connectivity index (χ1) is 13.3. The Bertz CT molecular complexity index is 967. The van der Waals surface area contributed by atoms with Gasteiger partial charge in [-0.3, -0.25) is 9.69 Å². The number of carbonyl (C=O) groups excluding carboxylic acids is 1. The first-order valence-corrected chi connectivity index (χ1v) is 11.9. The zero-order valence-electron chi connectivity index (χ0n) is 15.6. The predicted octanol–water partition coefficient (Wildman–Crippen LogP) is 2.89. The molecule has 0 saturated carbocycles. The Labute approximate surface area is 173 Å². The Morgan fingerprint density at radius 3 is 2.93 bits per heavy atom. The SMILES string of the molecule is C=CCN(CC(=O)Nc1cc(C)nn1C1CCS(=O)(=O)C1)Cc1ccc(Cl)s1. The number of carbonyl (C=O) groups is 1. The first-order valence-electron chi connectivity index (χ1n) is 8.89. The lowest BCUT2D eigenvalue weighted by atomic mass is 10.3. The van der Waals surface area contributed by atoms with Crippen molar-refractivity contribution < 1.29 is 13.2 Å². The molecule has 1 saturated heterocycles. The summed E-state index contributed by atoms with van der Waals surface area (Å²) in [5, 5.41) is 7.28. The molecule has 3 heterocycles. The minimum absolute atomic E-state index is 0.0543. The molecule has 1 amide bonds. The van der Waals surface area contributed by atoms with Crippen molar-refractivity contribution in [3.05, 3.63) is 45.8 Å². The standard InChI is InChI=1S/C18H23ClN4O3S2/c1-3-7-22(10-15-4-5-16(19)27-15)11-18(24)20-17-9-13(2)21-23(17)14-6-8-28(25,26)12-14/h3-5,9,14H,1,6-8,10-12H2,2H3,(H,20,24). The molecular formula is C18H23ClN4O3S2. The molecular weight excluding hydrogens is 420 g/mol. The molecule has 0 spiro atoms. The summed E-state index contributed by atoms with van der Waals surface area (Å²) < 4.78 is 25.9. The van der Waals surface area contributed by atoms with Gasteiger partial charge in [-0.2, -0.15) is 5.10 Å². The molecule has 1 aliphatic heterocycles. The van der Waals surface area contributed by atoms with E-state index >= 15 is 0 Å². The van der Waals surface area contributed by atoms with E-state index < -0.39 is 9.84 Å². The molecule has 0 aromatic carbocycles. The number of nitrogens with one attached hydrogen (secondary N) is 1. The first kappa shape index (κ1) is 21.0. The molecule has 1 unspecified atom stereocenters. The van der Waals surface area contributed by atoms with E-state index in [2.05, 4.69) is 17.0 Å². The number of rotatable bonds is 8. The minimum atomic E-state index is -3.04. The van der Waals surface area contributed by atoms with Gasteiger partial charge >= 0.3 is 0 Å². The smallest absolute Gasteiger partial charge is 0.239 e. The molecule has 0 bridgehead atoms. The number of aromatic nitrogens is 2. The summed E-state index contributed by atoms with van der Waals surface area (Å²) in [6.07, 6.45) is 2.26. The summed E-state index contributed by atoms with van der Waals surface area (Å²) in [6.45, 7) is 6.90. The largest absolute Gasteiger partial charge is 0.310 e. The Kier molecular flexibility index (Phi) is 6.59. The fourth-order valence-corrected chi connectivity index (χ4v) is 6.09. The molecule has 152 valence electrons. The molecule has 2 aromatic heterocycles. The van der Waals surface area contributed by atoms with E-state index in [1.54, 1.807) is 16.8 Å². The second-order valence-electron chi connectivity index (χ2n) is 6.88. The van der Waals surface area contributed by atoms with Crippen molar-refractivity contribution in [2.75, 3.05) is 29.9 Å². The average molecular weight is 443 g/mol. The Morgan fingerprint density at radius 2 is 2.32 bits per heavy atom. The number of sulfone groups is 1. The maximum Gasteiger partial charge on any atom is 0.239 e. The van der Waals surface area contributed by atoms with Crippen LogP contribution in [0.5, 0.6) is 0 Å². The molecule has 1 aliphatic rings. The number of aryl methyl sites for hydroxylation is 1. The van der Waals surface area contributed by atoms with Crippen molar-refractivity contribution in [3.63, 3.8) is 0 Å². The topological polar surface area (TPSA) is 84.3 Å². The quantitative estimate of drug-likeness (QED) is 0.635.